The Morgan fingerprint density at radius 1 is 1.18 bits per heavy atom. The van der Waals surface area contributed by atoms with Crippen LogP contribution in [-0.4, -0.2) is 28.3 Å². The number of benzene rings is 2. The fourth-order valence-electron chi connectivity index (χ4n) is 4.94. The van der Waals surface area contributed by atoms with Crippen LogP contribution in [0.15, 0.2) is 68.0 Å². The molecule has 196 valence electrons. The SMILES string of the molecule is COc1ccc(Br)cc1[C@@H]1C(C(=O)OC(C)C)=C(C)N=c2s/c(=C\c3c(C)n(C)c4ccccc34)c(=O)n21. The van der Waals surface area contributed by atoms with E-state index < -0.39 is 12.0 Å². The van der Waals surface area contributed by atoms with Crippen LogP contribution in [0.3, 0.4) is 0 Å². The normalized spacial score (nSPS) is 15.7. The van der Waals surface area contributed by atoms with E-state index in [0.29, 0.717) is 31.9 Å². The lowest BCUT2D eigenvalue weighted by atomic mass is 9.95. The molecule has 0 spiro atoms. The standard InChI is InChI=1S/C29H28BrN3O4S/c1-15(2)37-28(35)25-16(3)31-29-33(26(25)21-13-18(30)11-12-23(21)36-6)27(34)24(38-29)14-20-17(4)32(5)22-10-8-7-9-19(20)22/h7-15,26H,1-6H3/b24-14-/t26-/m1/s1. The van der Waals surface area contributed by atoms with Crippen molar-refractivity contribution in [2.24, 2.45) is 12.0 Å². The number of hydrogen-bond acceptors (Lipinski definition) is 6. The Kier molecular flexibility index (Phi) is 6.92. The molecule has 0 unspecified atom stereocenters. The van der Waals surface area contributed by atoms with Crippen molar-refractivity contribution in [1.29, 1.82) is 0 Å². The van der Waals surface area contributed by atoms with Gasteiger partial charge in [-0.3, -0.25) is 9.36 Å². The van der Waals surface area contributed by atoms with Crippen LogP contribution in [0.1, 0.15) is 43.6 Å². The second-order valence-electron chi connectivity index (χ2n) is 9.50. The van der Waals surface area contributed by atoms with Gasteiger partial charge in [-0.05, 0) is 58.0 Å². The fraction of sp³-hybridized carbons (Fsp3) is 0.276. The number of allylic oxidation sites excluding steroid dienone is 1. The van der Waals surface area contributed by atoms with E-state index in [-0.39, 0.29) is 11.7 Å². The molecular formula is C29H28BrN3O4S. The summed E-state index contributed by atoms with van der Waals surface area (Å²) in [7, 11) is 3.59. The second kappa shape index (κ2) is 10.0. The maximum Gasteiger partial charge on any atom is 0.338 e. The molecule has 0 saturated heterocycles. The van der Waals surface area contributed by atoms with Gasteiger partial charge in [0.15, 0.2) is 4.80 Å². The lowest BCUT2D eigenvalue weighted by Crippen LogP contribution is -2.40. The zero-order valence-electron chi connectivity index (χ0n) is 22.0. The molecular weight excluding hydrogens is 566 g/mol. The van der Waals surface area contributed by atoms with E-state index in [4.69, 9.17) is 14.5 Å². The van der Waals surface area contributed by atoms with Gasteiger partial charge >= 0.3 is 5.97 Å². The lowest BCUT2D eigenvalue weighted by molar-refractivity contribution is -0.143. The van der Waals surface area contributed by atoms with Crippen molar-refractivity contribution < 1.29 is 14.3 Å². The van der Waals surface area contributed by atoms with Crippen molar-refractivity contribution in [1.82, 2.24) is 9.13 Å². The molecule has 9 heteroatoms. The number of methoxy groups -OCH3 is 1. The molecule has 0 fully saturated rings. The molecule has 0 saturated carbocycles. The van der Waals surface area contributed by atoms with Crippen LogP contribution in [0, 0.1) is 6.92 Å². The minimum atomic E-state index is -0.763. The van der Waals surface area contributed by atoms with E-state index in [0.717, 1.165) is 26.6 Å². The van der Waals surface area contributed by atoms with Crippen molar-refractivity contribution in [2.75, 3.05) is 7.11 Å². The Bertz CT molecular complexity index is 1810. The van der Waals surface area contributed by atoms with Crippen LogP contribution < -0.4 is 19.6 Å². The highest BCUT2D eigenvalue weighted by Crippen LogP contribution is 2.37. The van der Waals surface area contributed by atoms with Crippen LogP contribution >= 0.6 is 27.3 Å². The highest BCUT2D eigenvalue weighted by Gasteiger charge is 2.35. The molecule has 3 heterocycles. The number of carbonyl (C=O) groups is 1. The number of carbonyl (C=O) groups excluding carboxylic acids is 1. The molecule has 2 aromatic carbocycles. The number of hydrogen-bond donors (Lipinski definition) is 0. The Morgan fingerprint density at radius 2 is 1.92 bits per heavy atom. The summed E-state index contributed by atoms with van der Waals surface area (Å²) < 4.78 is 16.3. The Labute approximate surface area is 232 Å². The summed E-state index contributed by atoms with van der Waals surface area (Å²) in [5.41, 5.74) is 4.40. The van der Waals surface area contributed by atoms with E-state index in [1.807, 2.05) is 50.4 Å². The molecule has 0 radical (unpaired) electrons. The number of aryl methyl sites for hydroxylation is 1. The summed E-state index contributed by atoms with van der Waals surface area (Å²) in [6.45, 7) is 7.41. The van der Waals surface area contributed by atoms with E-state index in [1.165, 1.54) is 11.3 Å². The van der Waals surface area contributed by atoms with Crippen LogP contribution in [0.4, 0.5) is 0 Å². The second-order valence-corrected chi connectivity index (χ2v) is 11.4. The summed E-state index contributed by atoms with van der Waals surface area (Å²) in [5.74, 6) is 0.0506. The lowest BCUT2D eigenvalue weighted by Gasteiger charge is -2.26. The molecule has 5 rings (SSSR count). The van der Waals surface area contributed by atoms with Crippen LogP contribution in [0.2, 0.25) is 0 Å². The average Bonchev–Trinajstić information content (AvgIpc) is 3.31. The van der Waals surface area contributed by atoms with E-state index in [2.05, 4.69) is 32.6 Å². The highest BCUT2D eigenvalue weighted by atomic mass is 79.9. The van der Waals surface area contributed by atoms with Crippen molar-refractivity contribution in [2.45, 2.75) is 39.8 Å². The van der Waals surface area contributed by atoms with Crippen LogP contribution in [0.5, 0.6) is 5.75 Å². The fourth-order valence-corrected chi connectivity index (χ4v) is 6.34. The zero-order chi connectivity index (χ0) is 27.3. The van der Waals surface area contributed by atoms with E-state index in [1.54, 1.807) is 32.4 Å². The first kappa shape index (κ1) is 26.2. The minimum absolute atomic E-state index is 0.226. The van der Waals surface area contributed by atoms with Crippen molar-refractivity contribution in [3.8, 4) is 5.75 Å². The number of rotatable bonds is 5. The van der Waals surface area contributed by atoms with Gasteiger partial charge in [0.2, 0.25) is 0 Å². The maximum absolute atomic E-state index is 14.1. The van der Waals surface area contributed by atoms with E-state index in [9.17, 15) is 9.59 Å². The number of aromatic nitrogens is 2. The quantitative estimate of drug-likeness (QED) is 0.313. The largest absolute Gasteiger partial charge is 0.496 e. The minimum Gasteiger partial charge on any atom is -0.496 e. The summed E-state index contributed by atoms with van der Waals surface area (Å²) in [6, 6.07) is 12.9. The smallest absolute Gasteiger partial charge is 0.338 e. The molecule has 1 aliphatic rings. The monoisotopic (exact) mass is 593 g/mol. The Hall–Kier alpha value is -3.43. The maximum atomic E-state index is 14.1. The van der Waals surface area contributed by atoms with Crippen molar-refractivity contribution in [3.05, 3.63) is 94.7 Å². The molecule has 1 aliphatic heterocycles. The molecule has 0 N–H and O–H groups in total. The first-order chi connectivity index (χ1) is 18.1. The van der Waals surface area contributed by atoms with Gasteiger partial charge in [0.05, 0.1) is 29.0 Å². The number of fused-ring (bicyclic) bond motifs is 2. The number of halogens is 1. The topological polar surface area (TPSA) is 74.8 Å². The molecule has 4 aromatic rings. The number of thiazole rings is 1. The first-order valence-corrected chi connectivity index (χ1v) is 13.8. The Morgan fingerprint density at radius 3 is 2.63 bits per heavy atom. The highest BCUT2D eigenvalue weighted by molar-refractivity contribution is 9.10. The summed E-state index contributed by atoms with van der Waals surface area (Å²) >= 11 is 4.85. The summed E-state index contributed by atoms with van der Waals surface area (Å²) in [4.78, 5) is 32.7. The number of nitrogens with zero attached hydrogens (tertiary/aromatic N) is 3. The molecule has 38 heavy (non-hydrogen) atoms. The molecule has 2 aromatic heterocycles. The van der Waals surface area contributed by atoms with Gasteiger partial charge in [-0.2, -0.15) is 0 Å². The third-order valence-electron chi connectivity index (χ3n) is 6.79. The van der Waals surface area contributed by atoms with Crippen LogP contribution in [-0.2, 0) is 16.6 Å². The number of para-hydroxylation sites is 1. The average molecular weight is 595 g/mol. The Balaban J connectivity index is 1.81. The van der Waals surface area contributed by atoms with Gasteiger partial charge in [-0.1, -0.05) is 45.5 Å². The third kappa shape index (κ3) is 4.33. The van der Waals surface area contributed by atoms with Crippen molar-refractivity contribution in [3.63, 3.8) is 0 Å². The summed E-state index contributed by atoms with van der Waals surface area (Å²) in [6.07, 6.45) is 1.61. The predicted octanol–water partition coefficient (Wildman–Crippen LogP) is 4.76. The van der Waals surface area contributed by atoms with Gasteiger partial charge in [0, 0.05) is 39.2 Å². The van der Waals surface area contributed by atoms with Crippen molar-refractivity contribution >= 4 is 50.2 Å². The molecule has 0 amide bonds. The molecule has 0 aliphatic carbocycles. The predicted molar refractivity (Wildman–Crippen MR) is 153 cm³/mol. The third-order valence-corrected chi connectivity index (χ3v) is 8.27. The first-order valence-electron chi connectivity index (χ1n) is 12.2. The van der Waals surface area contributed by atoms with Gasteiger partial charge in [0.25, 0.3) is 5.56 Å². The van der Waals surface area contributed by atoms with E-state index >= 15 is 0 Å². The van der Waals surface area contributed by atoms with Gasteiger partial charge < -0.3 is 14.0 Å². The molecule has 1 atom stereocenters. The zero-order valence-corrected chi connectivity index (χ0v) is 24.4. The van der Waals surface area contributed by atoms with Gasteiger partial charge in [-0.25, -0.2) is 9.79 Å². The number of esters is 1. The molecule has 7 nitrogen and oxygen atoms in total. The molecule has 0 bridgehead atoms. The van der Waals surface area contributed by atoms with Gasteiger partial charge in [0.1, 0.15) is 11.8 Å². The summed E-state index contributed by atoms with van der Waals surface area (Å²) in [5, 5.41) is 1.07. The van der Waals surface area contributed by atoms with Gasteiger partial charge in [-0.15, -0.1) is 0 Å². The van der Waals surface area contributed by atoms with Crippen LogP contribution in [0.25, 0.3) is 17.0 Å². The number of ether oxygens (including phenoxy) is 2.